The lowest BCUT2D eigenvalue weighted by molar-refractivity contribution is -0.140. The first kappa shape index (κ1) is 46.1. The zero-order valence-electron chi connectivity index (χ0n) is 34.7. The lowest BCUT2D eigenvalue weighted by Gasteiger charge is -2.28. The number of benzene rings is 3. The summed E-state index contributed by atoms with van der Waals surface area (Å²) in [5.74, 6) is 6.15. The number of aliphatic hydroxyl groups excluding tert-OH is 1. The van der Waals surface area contributed by atoms with Crippen LogP contribution in [0.4, 0.5) is 30.2 Å². The van der Waals surface area contributed by atoms with Crippen LogP contribution in [-0.2, 0) is 17.8 Å². The molecule has 0 radical (unpaired) electrons. The molecule has 0 saturated carbocycles. The van der Waals surface area contributed by atoms with Crippen molar-refractivity contribution in [3.05, 3.63) is 77.5 Å². The van der Waals surface area contributed by atoms with E-state index >= 15 is 0 Å². The van der Waals surface area contributed by atoms with E-state index in [0.29, 0.717) is 45.8 Å². The first-order valence-electron chi connectivity index (χ1n) is 20.0. The molecule has 1 atom stereocenters. The molecule has 2 aliphatic heterocycles. The summed E-state index contributed by atoms with van der Waals surface area (Å²) >= 11 is 0. The molecule has 1 unspecified atom stereocenters. The third kappa shape index (κ3) is 14.0. The van der Waals surface area contributed by atoms with Gasteiger partial charge in [-0.1, -0.05) is 44.7 Å². The molecular formula is C44H58F3N7O5. The van der Waals surface area contributed by atoms with Crippen LogP contribution in [0.5, 0.6) is 11.5 Å². The third-order valence-electron chi connectivity index (χ3n) is 9.50. The van der Waals surface area contributed by atoms with Gasteiger partial charge in [-0.05, 0) is 93.3 Å². The number of methoxy groups -OCH3 is 1. The molecule has 6 rings (SSSR count). The molecule has 4 aromatic rings. The first-order chi connectivity index (χ1) is 28.3. The molecule has 15 heteroatoms. The molecule has 59 heavy (non-hydrogen) atoms. The SMILES string of the molecule is CCC.CN1CCCCC1.COc1ccc(C(=O)NCCOc2ccc3c(c2)N(C)CC(=O)NC(CO)C3)cc1NCC#Cc1cc2c(N)cccc2n1CC(F)(F)F. The number of carbonyl (C=O) groups excluding carboxylic acids is 2. The minimum atomic E-state index is -4.45. The summed E-state index contributed by atoms with van der Waals surface area (Å²) in [6, 6.07) is 16.3. The number of carbonyl (C=O) groups is 2. The summed E-state index contributed by atoms with van der Waals surface area (Å²) in [6.07, 6.45) is 1.55. The predicted molar refractivity (Wildman–Crippen MR) is 228 cm³/mol. The van der Waals surface area contributed by atoms with Crippen LogP contribution in [0.2, 0.25) is 0 Å². The Morgan fingerprint density at radius 2 is 1.80 bits per heavy atom. The summed E-state index contributed by atoms with van der Waals surface area (Å²) in [5, 5.41) is 18.8. The number of nitrogens with one attached hydrogen (secondary N) is 3. The maximum Gasteiger partial charge on any atom is 0.406 e. The van der Waals surface area contributed by atoms with Gasteiger partial charge in [-0.2, -0.15) is 13.2 Å². The highest BCUT2D eigenvalue weighted by Gasteiger charge is 2.30. The van der Waals surface area contributed by atoms with E-state index in [9.17, 15) is 27.9 Å². The number of aliphatic hydroxyl groups is 1. The van der Waals surface area contributed by atoms with Crippen molar-refractivity contribution in [2.45, 2.75) is 64.7 Å². The number of hydrogen-bond acceptors (Lipinski definition) is 9. The van der Waals surface area contributed by atoms with E-state index in [2.05, 4.69) is 53.6 Å². The number of aromatic nitrogens is 1. The number of nitrogens with zero attached hydrogens (tertiary/aromatic N) is 3. The second-order valence-electron chi connectivity index (χ2n) is 14.6. The van der Waals surface area contributed by atoms with Crippen LogP contribution >= 0.6 is 0 Å². The van der Waals surface area contributed by atoms with Gasteiger partial charge in [0.25, 0.3) is 5.91 Å². The van der Waals surface area contributed by atoms with Gasteiger partial charge in [0.05, 0.1) is 56.3 Å². The van der Waals surface area contributed by atoms with Crippen molar-refractivity contribution in [3.63, 3.8) is 0 Å². The number of likely N-dealkylation sites (N-methyl/N-ethyl adjacent to an activating group) is 1. The summed E-state index contributed by atoms with van der Waals surface area (Å²) < 4.78 is 52.4. The fourth-order valence-corrected chi connectivity index (χ4v) is 6.67. The Morgan fingerprint density at radius 3 is 2.46 bits per heavy atom. The lowest BCUT2D eigenvalue weighted by atomic mass is 10.0. The number of anilines is 3. The molecule has 0 bridgehead atoms. The van der Waals surface area contributed by atoms with Crippen molar-refractivity contribution < 1.29 is 37.3 Å². The van der Waals surface area contributed by atoms with Crippen LogP contribution < -0.4 is 36.1 Å². The molecular weight excluding hydrogens is 764 g/mol. The van der Waals surface area contributed by atoms with E-state index in [1.165, 1.54) is 51.9 Å². The number of likely N-dealkylation sites (tertiary alicyclic amines) is 1. The molecule has 1 aromatic heterocycles. The molecule has 0 spiro atoms. The van der Waals surface area contributed by atoms with Gasteiger partial charge in [0.1, 0.15) is 24.7 Å². The zero-order valence-corrected chi connectivity index (χ0v) is 34.7. The minimum absolute atomic E-state index is 0.0552. The van der Waals surface area contributed by atoms with Crippen LogP contribution in [0, 0.1) is 11.8 Å². The number of fused-ring (bicyclic) bond motifs is 2. The fourth-order valence-electron chi connectivity index (χ4n) is 6.67. The molecule has 320 valence electrons. The minimum Gasteiger partial charge on any atom is -0.495 e. The molecule has 1 fully saturated rings. The normalized spacial score (nSPS) is 15.4. The predicted octanol–water partition coefficient (Wildman–Crippen LogP) is 6.05. The number of amides is 2. The van der Waals surface area contributed by atoms with E-state index < -0.39 is 12.7 Å². The average Bonchev–Trinajstić information content (AvgIpc) is 3.54. The van der Waals surface area contributed by atoms with E-state index in [4.69, 9.17) is 15.2 Å². The molecule has 6 N–H and O–H groups in total. The molecule has 0 aliphatic carbocycles. The van der Waals surface area contributed by atoms with Crippen molar-refractivity contribution >= 4 is 39.8 Å². The highest BCUT2D eigenvalue weighted by atomic mass is 19.4. The van der Waals surface area contributed by atoms with E-state index in [-0.39, 0.29) is 56.4 Å². The lowest BCUT2D eigenvalue weighted by Crippen LogP contribution is -2.46. The number of hydrogen-bond donors (Lipinski definition) is 5. The largest absolute Gasteiger partial charge is 0.495 e. The Bertz CT molecular complexity index is 2050. The Labute approximate surface area is 345 Å². The number of halogens is 3. The van der Waals surface area contributed by atoms with Gasteiger partial charge in [-0.25, -0.2) is 0 Å². The Kier molecular flexibility index (Phi) is 17.6. The van der Waals surface area contributed by atoms with Gasteiger partial charge in [0.2, 0.25) is 5.91 Å². The van der Waals surface area contributed by atoms with Gasteiger partial charge in [0.15, 0.2) is 0 Å². The monoisotopic (exact) mass is 821 g/mol. The van der Waals surface area contributed by atoms with Crippen LogP contribution in [0.3, 0.4) is 0 Å². The molecule has 2 aliphatic rings. The average molecular weight is 822 g/mol. The van der Waals surface area contributed by atoms with Gasteiger partial charge in [-0.15, -0.1) is 0 Å². The quantitative estimate of drug-likeness (QED) is 0.0733. The van der Waals surface area contributed by atoms with Crippen molar-refractivity contribution in [3.8, 4) is 23.3 Å². The summed E-state index contributed by atoms with van der Waals surface area (Å²) in [5.41, 5.74) is 9.47. The summed E-state index contributed by atoms with van der Waals surface area (Å²) in [6.45, 7) is 6.10. The number of alkyl halides is 3. The fraction of sp³-hybridized carbons (Fsp3) is 0.455. The third-order valence-corrected chi connectivity index (χ3v) is 9.50. The molecule has 3 aromatic carbocycles. The number of ether oxygens (including phenoxy) is 2. The maximum absolute atomic E-state index is 13.3. The van der Waals surface area contributed by atoms with Crippen LogP contribution in [0.25, 0.3) is 10.9 Å². The van der Waals surface area contributed by atoms with Gasteiger partial charge in [0, 0.05) is 35.4 Å². The molecule has 3 heterocycles. The van der Waals surface area contributed by atoms with Gasteiger partial charge in [-0.3, -0.25) is 9.59 Å². The zero-order chi connectivity index (χ0) is 43.0. The Hall–Kier alpha value is -5.59. The standard InChI is InChI=1S/C35H37F3N6O5.C6H13N.C3H8/c1-43-19-33(46)42-24(20-45)15-22-8-10-26(18-31(22)43)49-14-13-41-34(47)23-9-11-32(48-2)29(16-23)40-12-4-5-25-17-27-28(39)6-3-7-30(27)44(25)21-35(36,37)38;1-7-5-3-2-4-6-7;1-3-2/h3,6-11,16-18,24,40,45H,12-15,19-21,39H2,1-2H3,(H,41,47)(H,42,46);2-6H2,1H3;3H2,1-2H3. The van der Waals surface area contributed by atoms with E-state index in [1.807, 2.05) is 23.1 Å². The van der Waals surface area contributed by atoms with Crippen molar-refractivity contribution in [2.75, 3.05) is 83.1 Å². The number of nitrogen functional groups attached to an aromatic ring is 1. The highest BCUT2D eigenvalue weighted by Crippen LogP contribution is 2.30. The topological polar surface area (TPSA) is 146 Å². The molecule has 12 nitrogen and oxygen atoms in total. The summed E-state index contributed by atoms with van der Waals surface area (Å²) in [7, 11) is 5.48. The highest BCUT2D eigenvalue weighted by molar-refractivity contribution is 5.95. The van der Waals surface area contributed by atoms with Crippen molar-refractivity contribution in [1.82, 2.24) is 20.1 Å². The van der Waals surface area contributed by atoms with E-state index in [1.54, 1.807) is 43.4 Å². The van der Waals surface area contributed by atoms with Gasteiger partial charge >= 0.3 is 6.18 Å². The Balaban J connectivity index is 0.000000678. The number of rotatable bonds is 10. The molecule has 1 saturated heterocycles. The van der Waals surface area contributed by atoms with Crippen LogP contribution in [0.1, 0.15) is 61.1 Å². The van der Waals surface area contributed by atoms with Crippen LogP contribution in [-0.4, -0.2) is 106 Å². The second kappa shape index (κ2) is 22.5. The molecule has 2 amide bonds. The number of nitrogens with two attached hydrogens (primary N) is 1. The van der Waals surface area contributed by atoms with E-state index in [0.717, 1.165) is 15.8 Å². The first-order valence-corrected chi connectivity index (χ1v) is 20.0. The van der Waals surface area contributed by atoms with Crippen molar-refractivity contribution in [2.24, 2.45) is 0 Å². The second-order valence-corrected chi connectivity index (χ2v) is 14.6. The van der Waals surface area contributed by atoms with Crippen LogP contribution in [0.15, 0.2) is 60.7 Å². The van der Waals surface area contributed by atoms with Gasteiger partial charge < -0.3 is 50.6 Å². The smallest absolute Gasteiger partial charge is 0.406 e. The summed E-state index contributed by atoms with van der Waals surface area (Å²) in [4.78, 5) is 29.3. The maximum atomic E-state index is 13.3. The Morgan fingerprint density at radius 1 is 1.05 bits per heavy atom. The number of piperidine rings is 1. The van der Waals surface area contributed by atoms with Crippen molar-refractivity contribution in [1.29, 1.82) is 0 Å².